The number of thiocarbonyl (C=S) groups is 1. The molecular formula is C22H16ClN3O5S2. The lowest BCUT2D eigenvalue weighted by Gasteiger charge is -2.17. The Morgan fingerprint density at radius 3 is 2.55 bits per heavy atom. The van der Waals surface area contributed by atoms with E-state index in [-0.39, 0.29) is 34.3 Å². The maximum atomic E-state index is 13.4. The molecule has 0 atom stereocenters. The van der Waals surface area contributed by atoms with Crippen LogP contribution in [0.3, 0.4) is 0 Å². The number of anilines is 2. The molecule has 0 spiro atoms. The van der Waals surface area contributed by atoms with Gasteiger partial charge in [0.2, 0.25) is 5.91 Å². The van der Waals surface area contributed by atoms with E-state index < -0.39 is 23.7 Å². The van der Waals surface area contributed by atoms with E-state index in [4.69, 9.17) is 28.9 Å². The Labute approximate surface area is 203 Å². The predicted molar refractivity (Wildman–Crippen MR) is 130 cm³/mol. The van der Waals surface area contributed by atoms with Gasteiger partial charge in [0.25, 0.3) is 11.8 Å². The zero-order valence-electron chi connectivity index (χ0n) is 16.9. The van der Waals surface area contributed by atoms with E-state index in [9.17, 15) is 19.2 Å². The number of carbonyl (C=O) groups is 4. The van der Waals surface area contributed by atoms with Gasteiger partial charge in [0.1, 0.15) is 10.9 Å². The van der Waals surface area contributed by atoms with E-state index in [1.54, 1.807) is 48.5 Å². The number of aliphatic carboxylic acids is 1. The minimum Gasteiger partial charge on any atom is -0.481 e. The standard InChI is InChI=1S/C22H16ClN3O5S2/c23-12-4-3-5-13(10-12)24-16(27)11-26-15-7-2-1-6-14(15)18(20(26)30)19-21(31)25(22(32)33-19)9-8-17(28)29/h1-7,10H,8-9,11H2,(H,24,27)(H,28,29). The van der Waals surface area contributed by atoms with Crippen LogP contribution in [0, 0.1) is 0 Å². The molecule has 1 saturated heterocycles. The van der Waals surface area contributed by atoms with Gasteiger partial charge in [-0.15, -0.1) is 0 Å². The van der Waals surface area contributed by atoms with Crippen LogP contribution < -0.4 is 10.2 Å². The third-order valence-electron chi connectivity index (χ3n) is 4.96. The molecule has 0 aromatic heterocycles. The summed E-state index contributed by atoms with van der Waals surface area (Å²) < 4.78 is 0.186. The third kappa shape index (κ3) is 4.63. The van der Waals surface area contributed by atoms with Crippen molar-refractivity contribution in [3.05, 3.63) is 64.0 Å². The number of para-hydroxylation sites is 1. The van der Waals surface area contributed by atoms with Gasteiger partial charge in [-0.05, 0) is 24.3 Å². The molecule has 2 aromatic rings. The zero-order chi connectivity index (χ0) is 23.7. The van der Waals surface area contributed by atoms with Gasteiger partial charge in [-0.3, -0.25) is 29.0 Å². The number of fused-ring (bicyclic) bond motifs is 1. The quantitative estimate of drug-likeness (QED) is 0.461. The number of hydrogen-bond donors (Lipinski definition) is 2. The van der Waals surface area contributed by atoms with Crippen LogP contribution in [-0.4, -0.2) is 51.1 Å². The average molecular weight is 502 g/mol. The van der Waals surface area contributed by atoms with Gasteiger partial charge in [-0.25, -0.2) is 0 Å². The summed E-state index contributed by atoms with van der Waals surface area (Å²) in [7, 11) is 0. The van der Waals surface area contributed by atoms with E-state index in [2.05, 4.69) is 5.32 Å². The second kappa shape index (κ2) is 9.34. The molecule has 2 aliphatic rings. The number of nitrogens with zero attached hydrogens (tertiary/aromatic N) is 2. The van der Waals surface area contributed by atoms with Crippen molar-refractivity contribution in [2.45, 2.75) is 6.42 Å². The first-order valence-corrected chi connectivity index (χ1v) is 11.3. The van der Waals surface area contributed by atoms with E-state index in [0.717, 1.165) is 11.8 Å². The van der Waals surface area contributed by atoms with Crippen molar-refractivity contribution in [3.63, 3.8) is 0 Å². The van der Waals surface area contributed by atoms with Crippen molar-refractivity contribution in [3.8, 4) is 0 Å². The van der Waals surface area contributed by atoms with E-state index in [0.29, 0.717) is 22.0 Å². The highest BCUT2D eigenvalue weighted by atomic mass is 35.5. The molecule has 11 heteroatoms. The molecule has 0 unspecified atom stereocenters. The first-order chi connectivity index (χ1) is 15.8. The summed E-state index contributed by atoms with van der Waals surface area (Å²) in [6, 6.07) is 13.5. The van der Waals surface area contributed by atoms with Crippen LogP contribution in [0.15, 0.2) is 53.4 Å². The van der Waals surface area contributed by atoms with E-state index in [1.807, 2.05) is 0 Å². The Bertz CT molecular complexity index is 1250. The fourth-order valence-electron chi connectivity index (χ4n) is 3.52. The van der Waals surface area contributed by atoms with Crippen LogP contribution in [-0.2, 0) is 19.2 Å². The summed E-state index contributed by atoms with van der Waals surface area (Å²) in [4.78, 5) is 52.5. The zero-order valence-corrected chi connectivity index (χ0v) is 19.3. The third-order valence-corrected chi connectivity index (χ3v) is 6.64. The number of benzene rings is 2. The SMILES string of the molecule is O=C(O)CCN1C(=O)C(=C2C(=O)N(CC(=O)Nc3cccc(Cl)c3)c3ccccc32)SC1=S. The monoisotopic (exact) mass is 501 g/mol. The largest absolute Gasteiger partial charge is 0.481 e. The molecule has 33 heavy (non-hydrogen) atoms. The van der Waals surface area contributed by atoms with Crippen LogP contribution >= 0.6 is 35.6 Å². The van der Waals surface area contributed by atoms with Crippen molar-refractivity contribution in [1.29, 1.82) is 0 Å². The summed E-state index contributed by atoms with van der Waals surface area (Å²) in [6.45, 7) is -0.358. The molecule has 2 heterocycles. The molecule has 1 fully saturated rings. The summed E-state index contributed by atoms with van der Waals surface area (Å²) in [5.74, 6) is -2.52. The number of hydrogen-bond acceptors (Lipinski definition) is 6. The van der Waals surface area contributed by atoms with Gasteiger partial charge in [0, 0.05) is 22.8 Å². The fraction of sp³-hybridized carbons (Fsp3) is 0.136. The second-order valence-electron chi connectivity index (χ2n) is 7.14. The van der Waals surface area contributed by atoms with Gasteiger partial charge in [0.15, 0.2) is 0 Å². The highest BCUT2D eigenvalue weighted by Gasteiger charge is 2.42. The summed E-state index contributed by atoms with van der Waals surface area (Å²) >= 11 is 12.2. The topological polar surface area (TPSA) is 107 Å². The first-order valence-electron chi connectivity index (χ1n) is 9.72. The molecule has 0 saturated carbocycles. The molecule has 0 bridgehead atoms. The van der Waals surface area contributed by atoms with Crippen molar-refractivity contribution in [2.24, 2.45) is 0 Å². The molecule has 2 N–H and O–H groups in total. The van der Waals surface area contributed by atoms with Gasteiger partial charge in [0.05, 0.1) is 22.6 Å². The number of thioether (sulfide) groups is 1. The molecule has 3 amide bonds. The van der Waals surface area contributed by atoms with Crippen LogP contribution in [0.2, 0.25) is 5.02 Å². The lowest BCUT2D eigenvalue weighted by molar-refractivity contribution is -0.137. The second-order valence-corrected chi connectivity index (χ2v) is 9.22. The summed E-state index contributed by atoms with van der Waals surface area (Å²) in [6.07, 6.45) is -0.268. The van der Waals surface area contributed by atoms with Crippen molar-refractivity contribution in [2.75, 3.05) is 23.3 Å². The predicted octanol–water partition coefficient (Wildman–Crippen LogP) is 3.37. The Morgan fingerprint density at radius 1 is 1.06 bits per heavy atom. The van der Waals surface area contributed by atoms with Gasteiger partial charge in [-0.2, -0.15) is 0 Å². The Kier molecular flexibility index (Phi) is 6.50. The summed E-state index contributed by atoms with van der Waals surface area (Å²) in [5.41, 5.74) is 1.65. The molecule has 2 aromatic carbocycles. The number of carbonyl (C=O) groups excluding carboxylic acids is 3. The molecule has 4 rings (SSSR count). The number of rotatable bonds is 6. The van der Waals surface area contributed by atoms with Crippen molar-refractivity contribution in [1.82, 2.24) is 4.90 Å². The Balaban J connectivity index is 1.62. The smallest absolute Gasteiger partial charge is 0.305 e. The average Bonchev–Trinajstić information content (AvgIpc) is 3.19. The number of carboxylic acids is 1. The van der Waals surface area contributed by atoms with E-state index >= 15 is 0 Å². The number of amides is 3. The van der Waals surface area contributed by atoms with Crippen molar-refractivity contribution >= 4 is 80.5 Å². The number of halogens is 1. The van der Waals surface area contributed by atoms with E-state index in [1.165, 1.54) is 9.80 Å². The highest BCUT2D eigenvalue weighted by Crippen LogP contribution is 2.44. The Morgan fingerprint density at radius 2 is 1.82 bits per heavy atom. The normalized spacial score (nSPS) is 17.5. The Hall–Kier alpha value is -3.21. The highest BCUT2D eigenvalue weighted by molar-refractivity contribution is 8.26. The maximum Gasteiger partial charge on any atom is 0.305 e. The molecule has 168 valence electrons. The first kappa shape index (κ1) is 23.0. The minimum absolute atomic E-state index is 0.0849. The molecular weight excluding hydrogens is 486 g/mol. The van der Waals surface area contributed by atoms with Gasteiger partial charge in [-0.1, -0.05) is 59.8 Å². The van der Waals surface area contributed by atoms with Crippen LogP contribution in [0.25, 0.3) is 5.57 Å². The minimum atomic E-state index is -1.06. The molecule has 8 nitrogen and oxygen atoms in total. The fourth-order valence-corrected chi connectivity index (χ4v) is 5.09. The van der Waals surface area contributed by atoms with Gasteiger partial charge >= 0.3 is 5.97 Å². The number of carboxylic acid groups (broad SMARTS) is 1. The lowest BCUT2D eigenvalue weighted by Crippen LogP contribution is -2.35. The number of nitrogens with one attached hydrogen (secondary N) is 1. The molecule has 0 radical (unpaired) electrons. The molecule has 0 aliphatic carbocycles. The lowest BCUT2D eigenvalue weighted by atomic mass is 10.1. The maximum absolute atomic E-state index is 13.4. The van der Waals surface area contributed by atoms with Gasteiger partial charge < -0.3 is 10.4 Å². The van der Waals surface area contributed by atoms with Crippen LogP contribution in [0.5, 0.6) is 0 Å². The molecule has 2 aliphatic heterocycles. The summed E-state index contributed by atoms with van der Waals surface area (Å²) in [5, 5.41) is 12.1. The van der Waals surface area contributed by atoms with Crippen molar-refractivity contribution < 1.29 is 24.3 Å². The van der Waals surface area contributed by atoms with Crippen LogP contribution in [0.4, 0.5) is 11.4 Å². The van der Waals surface area contributed by atoms with Crippen LogP contribution in [0.1, 0.15) is 12.0 Å².